The number of hydrazone groups is 1. The van der Waals surface area contributed by atoms with Gasteiger partial charge in [0.25, 0.3) is 5.91 Å². The molecule has 1 amide bonds. The fourth-order valence-corrected chi connectivity index (χ4v) is 2.82. The molecule has 1 N–H and O–H groups in total. The number of methoxy groups -OCH3 is 2. The quantitative estimate of drug-likeness (QED) is 0.540. The van der Waals surface area contributed by atoms with Crippen LogP contribution >= 0.6 is 11.6 Å². The highest BCUT2D eigenvalue weighted by Crippen LogP contribution is 2.26. The Bertz CT molecular complexity index is 986. The minimum absolute atomic E-state index is 0.358. The minimum atomic E-state index is -0.358. The van der Waals surface area contributed by atoms with Crippen LogP contribution in [0.15, 0.2) is 59.7 Å². The predicted molar refractivity (Wildman–Crippen MR) is 104 cm³/mol. The highest BCUT2D eigenvalue weighted by Gasteiger charge is 2.13. The van der Waals surface area contributed by atoms with E-state index in [1.807, 2.05) is 30.3 Å². The number of nitrogens with zero attached hydrogens (tertiary/aromatic N) is 1. The second kappa shape index (κ2) is 7.89. The van der Waals surface area contributed by atoms with Gasteiger partial charge in [-0.15, -0.1) is 0 Å². The number of fused-ring (bicyclic) bond motifs is 1. The summed E-state index contributed by atoms with van der Waals surface area (Å²) in [5.41, 5.74) is 3.66. The number of hydrogen-bond acceptors (Lipinski definition) is 4. The van der Waals surface area contributed by atoms with Crippen LogP contribution in [0.5, 0.6) is 11.5 Å². The van der Waals surface area contributed by atoms with Crippen LogP contribution in [-0.4, -0.2) is 26.3 Å². The van der Waals surface area contributed by atoms with Gasteiger partial charge in [0.15, 0.2) is 0 Å². The van der Waals surface area contributed by atoms with Crippen LogP contribution in [0.25, 0.3) is 10.8 Å². The molecular formula is C20H17ClN2O3. The molecule has 0 atom stereocenters. The van der Waals surface area contributed by atoms with E-state index in [0.29, 0.717) is 22.1 Å². The van der Waals surface area contributed by atoms with Crippen molar-refractivity contribution in [2.24, 2.45) is 5.10 Å². The van der Waals surface area contributed by atoms with Gasteiger partial charge in [-0.25, -0.2) is 5.43 Å². The molecular weight excluding hydrogens is 352 g/mol. The Labute approximate surface area is 156 Å². The van der Waals surface area contributed by atoms with Crippen LogP contribution in [0.2, 0.25) is 5.02 Å². The smallest absolute Gasteiger partial charge is 0.275 e. The summed E-state index contributed by atoms with van der Waals surface area (Å²) in [6.07, 6.45) is 1.51. The maximum absolute atomic E-state index is 12.5. The van der Waals surface area contributed by atoms with Crippen molar-refractivity contribution in [2.45, 2.75) is 0 Å². The summed E-state index contributed by atoms with van der Waals surface area (Å²) < 4.78 is 10.4. The Morgan fingerprint density at radius 2 is 1.69 bits per heavy atom. The number of carbonyl (C=O) groups is 1. The number of nitrogens with one attached hydrogen (secondary N) is 1. The van der Waals surface area contributed by atoms with Gasteiger partial charge in [-0.1, -0.05) is 35.9 Å². The number of benzene rings is 3. The molecule has 0 bridgehead atoms. The summed E-state index contributed by atoms with van der Waals surface area (Å²) in [7, 11) is 3.08. The monoisotopic (exact) mass is 368 g/mol. The average molecular weight is 369 g/mol. The summed E-state index contributed by atoms with van der Waals surface area (Å²) in [6, 6.07) is 16.6. The van der Waals surface area contributed by atoms with E-state index in [4.69, 9.17) is 21.1 Å². The van der Waals surface area contributed by atoms with Crippen LogP contribution in [-0.2, 0) is 0 Å². The average Bonchev–Trinajstić information content (AvgIpc) is 2.67. The van der Waals surface area contributed by atoms with Crippen molar-refractivity contribution in [3.63, 3.8) is 0 Å². The zero-order valence-electron chi connectivity index (χ0n) is 14.3. The fourth-order valence-electron chi connectivity index (χ4n) is 2.55. The third-order valence-corrected chi connectivity index (χ3v) is 4.16. The molecule has 0 aliphatic carbocycles. The van der Waals surface area contributed by atoms with E-state index in [-0.39, 0.29) is 5.91 Å². The molecule has 0 fully saturated rings. The molecule has 0 aromatic heterocycles. The van der Waals surface area contributed by atoms with E-state index >= 15 is 0 Å². The van der Waals surface area contributed by atoms with Crippen molar-refractivity contribution in [1.82, 2.24) is 5.43 Å². The van der Waals surface area contributed by atoms with Crippen molar-refractivity contribution in [1.29, 1.82) is 0 Å². The molecule has 0 heterocycles. The summed E-state index contributed by atoms with van der Waals surface area (Å²) in [4.78, 5) is 12.5. The summed E-state index contributed by atoms with van der Waals surface area (Å²) in [5.74, 6) is 0.709. The van der Waals surface area contributed by atoms with Crippen LogP contribution in [0.4, 0.5) is 0 Å². The van der Waals surface area contributed by atoms with Gasteiger partial charge in [-0.2, -0.15) is 5.10 Å². The number of hydrogen-bond donors (Lipinski definition) is 1. The fraction of sp³-hybridized carbons (Fsp3) is 0.100. The minimum Gasteiger partial charge on any atom is -0.496 e. The second-order valence-corrected chi connectivity index (χ2v) is 5.90. The molecule has 3 rings (SSSR count). The second-order valence-electron chi connectivity index (χ2n) is 5.49. The third kappa shape index (κ3) is 3.78. The van der Waals surface area contributed by atoms with E-state index in [1.165, 1.54) is 13.3 Å². The molecule has 0 unspecified atom stereocenters. The summed E-state index contributed by atoms with van der Waals surface area (Å²) >= 11 is 6.07. The lowest BCUT2D eigenvalue weighted by Crippen LogP contribution is -2.18. The molecule has 5 nitrogen and oxygen atoms in total. The van der Waals surface area contributed by atoms with Crippen LogP contribution in [0, 0.1) is 0 Å². The van der Waals surface area contributed by atoms with Gasteiger partial charge in [0.1, 0.15) is 11.5 Å². The van der Waals surface area contributed by atoms with Crippen LogP contribution in [0.1, 0.15) is 15.9 Å². The molecule has 0 radical (unpaired) electrons. The SMILES string of the molecule is COc1ccc(C=NNC(=O)c2cc3ccccc3cc2OC)cc1Cl. The first kappa shape index (κ1) is 17.8. The number of rotatable bonds is 5. The van der Waals surface area contributed by atoms with E-state index in [1.54, 1.807) is 31.4 Å². The van der Waals surface area contributed by atoms with Gasteiger partial charge < -0.3 is 9.47 Å². The Morgan fingerprint density at radius 3 is 2.35 bits per heavy atom. The lowest BCUT2D eigenvalue weighted by molar-refractivity contribution is 0.0952. The lowest BCUT2D eigenvalue weighted by atomic mass is 10.1. The highest BCUT2D eigenvalue weighted by atomic mass is 35.5. The van der Waals surface area contributed by atoms with Crippen molar-refractivity contribution in [3.05, 3.63) is 70.7 Å². The first-order valence-corrected chi connectivity index (χ1v) is 8.24. The van der Waals surface area contributed by atoms with Gasteiger partial charge >= 0.3 is 0 Å². The Morgan fingerprint density at radius 1 is 1.00 bits per heavy atom. The van der Waals surface area contributed by atoms with Gasteiger partial charge in [-0.3, -0.25) is 4.79 Å². The summed E-state index contributed by atoms with van der Waals surface area (Å²) in [6.45, 7) is 0. The molecule has 132 valence electrons. The molecule has 6 heteroatoms. The highest BCUT2D eigenvalue weighted by molar-refractivity contribution is 6.32. The van der Waals surface area contributed by atoms with Crippen molar-refractivity contribution in [2.75, 3.05) is 14.2 Å². The van der Waals surface area contributed by atoms with Gasteiger partial charge in [0.2, 0.25) is 0 Å². The summed E-state index contributed by atoms with van der Waals surface area (Å²) in [5, 5.41) is 6.41. The van der Waals surface area contributed by atoms with Gasteiger partial charge in [-0.05, 0) is 46.7 Å². The molecule has 0 saturated carbocycles. The van der Waals surface area contributed by atoms with E-state index < -0.39 is 0 Å². The molecule has 0 aliphatic rings. The lowest BCUT2D eigenvalue weighted by Gasteiger charge is -2.09. The maximum Gasteiger partial charge on any atom is 0.275 e. The van der Waals surface area contributed by atoms with Crippen molar-refractivity contribution >= 4 is 34.5 Å². The van der Waals surface area contributed by atoms with Crippen LogP contribution in [0.3, 0.4) is 0 Å². The predicted octanol–water partition coefficient (Wildman–Crippen LogP) is 4.27. The molecule has 0 saturated heterocycles. The normalized spacial score (nSPS) is 10.9. The molecule has 26 heavy (non-hydrogen) atoms. The van der Waals surface area contributed by atoms with Gasteiger partial charge in [0.05, 0.1) is 31.0 Å². The van der Waals surface area contributed by atoms with Gasteiger partial charge in [0, 0.05) is 0 Å². The molecule has 3 aromatic rings. The maximum atomic E-state index is 12.5. The zero-order valence-corrected chi connectivity index (χ0v) is 15.1. The third-order valence-electron chi connectivity index (χ3n) is 3.87. The molecule has 3 aromatic carbocycles. The van der Waals surface area contributed by atoms with E-state index in [9.17, 15) is 4.79 Å². The topological polar surface area (TPSA) is 59.9 Å². The standard InChI is InChI=1S/C20H17ClN2O3/c1-25-18-8-7-13(9-17(18)21)12-22-23-20(24)16-10-14-5-3-4-6-15(14)11-19(16)26-2/h3-12H,1-2H3,(H,23,24). The van der Waals surface area contributed by atoms with Crippen molar-refractivity contribution in [3.8, 4) is 11.5 Å². The number of carbonyl (C=O) groups excluding carboxylic acids is 1. The number of halogens is 1. The Balaban J connectivity index is 1.79. The first-order chi connectivity index (χ1) is 12.6. The largest absolute Gasteiger partial charge is 0.496 e. The molecule has 0 aliphatic heterocycles. The van der Waals surface area contributed by atoms with E-state index in [2.05, 4.69) is 10.5 Å². The van der Waals surface area contributed by atoms with Crippen LogP contribution < -0.4 is 14.9 Å². The number of amides is 1. The molecule has 0 spiro atoms. The number of ether oxygens (including phenoxy) is 2. The first-order valence-electron chi connectivity index (χ1n) is 7.86. The Kier molecular flexibility index (Phi) is 5.39. The zero-order chi connectivity index (χ0) is 18.5. The van der Waals surface area contributed by atoms with E-state index in [0.717, 1.165) is 16.3 Å². The Hall–Kier alpha value is -3.05. The van der Waals surface area contributed by atoms with Crippen molar-refractivity contribution < 1.29 is 14.3 Å².